The van der Waals surface area contributed by atoms with Crippen LogP contribution in [0.2, 0.25) is 0 Å². The first-order valence-corrected chi connectivity index (χ1v) is 11.9. The standard InChI is InChI=1S/C23H36N4O2.C2H4O2/c1-5-6-9-12-24-23(29)26-13-18-14-27(21(28)16-25(3)4)22(20(18)15-26)19-11-8-7-10-17(19)2;1-2(3)4/h7-8,10-11,18,20,22H,5-6,9,12-16H2,1-4H3,(H,24,29);1H3,(H,3,4)/t18-,20-,22+;/m1./s1. The number of unbranched alkanes of at least 4 members (excludes halogenated alkanes) is 2. The predicted molar refractivity (Wildman–Crippen MR) is 129 cm³/mol. The van der Waals surface area contributed by atoms with Crippen LogP contribution < -0.4 is 5.32 Å². The minimum Gasteiger partial charge on any atom is -0.481 e. The molecule has 2 saturated heterocycles. The number of urea groups is 1. The molecule has 0 aliphatic carbocycles. The second-order valence-corrected chi connectivity index (χ2v) is 9.37. The van der Waals surface area contributed by atoms with E-state index >= 15 is 0 Å². The van der Waals surface area contributed by atoms with Crippen molar-refractivity contribution in [3.63, 3.8) is 0 Å². The Kier molecular flexibility index (Phi) is 10.2. The Morgan fingerprint density at radius 2 is 1.79 bits per heavy atom. The molecule has 0 radical (unpaired) electrons. The summed E-state index contributed by atoms with van der Waals surface area (Å²) in [5.41, 5.74) is 2.43. The number of nitrogens with zero attached hydrogens (tertiary/aromatic N) is 3. The minimum atomic E-state index is -0.833. The summed E-state index contributed by atoms with van der Waals surface area (Å²) in [6, 6.07) is 8.45. The van der Waals surface area contributed by atoms with Gasteiger partial charge in [-0.15, -0.1) is 0 Å². The molecule has 33 heavy (non-hydrogen) atoms. The monoisotopic (exact) mass is 460 g/mol. The second-order valence-electron chi connectivity index (χ2n) is 9.37. The van der Waals surface area contributed by atoms with E-state index in [9.17, 15) is 9.59 Å². The lowest BCUT2D eigenvalue weighted by atomic mass is 9.87. The first-order chi connectivity index (χ1) is 15.6. The van der Waals surface area contributed by atoms with E-state index in [4.69, 9.17) is 9.90 Å². The van der Waals surface area contributed by atoms with Crippen molar-refractivity contribution in [1.82, 2.24) is 20.0 Å². The molecule has 2 N–H and O–H groups in total. The molecule has 3 rings (SSSR count). The van der Waals surface area contributed by atoms with Crippen LogP contribution in [0.5, 0.6) is 0 Å². The highest BCUT2D eigenvalue weighted by molar-refractivity contribution is 5.79. The number of aliphatic carboxylic acids is 1. The van der Waals surface area contributed by atoms with Crippen molar-refractivity contribution in [3.05, 3.63) is 35.4 Å². The third kappa shape index (κ3) is 7.45. The lowest BCUT2D eigenvalue weighted by Crippen LogP contribution is -2.43. The molecule has 2 fully saturated rings. The molecule has 0 unspecified atom stereocenters. The molecule has 8 heteroatoms. The van der Waals surface area contributed by atoms with Gasteiger partial charge in [-0.1, -0.05) is 44.0 Å². The van der Waals surface area contributed by atoms with Crippen LogP contribution in [0.15, 0.2) is 24.3 Å². The van der Waals surface area contributed by atoms with Crippen LogP contribution in [0.4, 0.5) is 4.79 Å². The Labute approximate surface area is 197 Å². The van der Waals surface area contributed by atoms with Crippen molar-refractivity contribution in [3.8, 4) is 0 Å². The van der Waals surface area contributed by atoms with Crippen LogP contribution in [0.1, 0.15) is 50.3 Å². The van der Waals surface area contributed by atoms with Gasteiger partial charge >= 0.3 is 6.03 Å². The molecule has 2 aliphatic heterocycles. The highest BCUT2D eigenvalue weighted by atomic mass is 16.4. The Morgan fingerprint density at radius 1 is 1.12 bits per heavy atom. The Bertz CT molecular complexity index is 809. The number of aryl methyl sites for hydroxylation is 1. The first-order valence-electron chi connectivity index (χ1n) is 11.9. The molecule has 0 saturated carbocycles. The molecule has 0 spiro atoms. The van der Waals surface area contributed by atoms with Crippen LogP contribution in [-0.4, -0.2) is 84.5 Å². The van der Waals surface area contributed by atoms with Gasteiger partial charge in [-0.25, -0.2) is 4.79 Å². The van der Waals surface area contributed by atoms with Crippen molar-refractivity contribution in [1.29, 1.82) is 0 Å². The number of likely N-dealkylation sites (N-methyl/N-ethyl adjacent to an activating group) is 1. The number of hydrogen-bond acceptors (Lipinski definition) is 4. The van der Waals surface area contributed by atoms with Gasteiger partial charge in [-0.05, 0) is 38.6 Å². The number of carbonyl (C=O) groups is 3. The highest BCUT2D eigenvalue weighted by Gasteiger charge is 2.50. The molecule has 2 heterocycles. The van der Waals surface area contributed by atoms with Crippen LogP contribution >= 0.6 is 0 Å². The number of carboxylic acid groups (broad SMARTS) is 1. The van der Waals surface area contributed by atoms with Gasteiger partial charge in [0.05, 0.1) is 12.6 Å². The van der Waals surface area contributed by atoms with Crippen LogP contribution in [0, 0.1) is 18.8 Å². The Balaban J connectivity index is 0.000000890. The molecule has 0 bridgehead atoms. The SMILES string of the molecule is CC(=O)O.CCCCCNC(=O)N1C[C@@H]2CN(C(=O)CN(C)C)[C@@H](c3ccccc3C)[C@@H]2C1. The van der Waals surface area contributed by atoms with Gasteiger partial charge < -0.3 is 25.1 Å². The minimum absolute atomic E-state index is 0.0465. The van der Waals surface area contributed by atoms with Gasteiger partial charge in [0.1, 0.15) is 0 Å². The summed E-state index contributed by atoms with van der Waals surface area (Å²) in [7, 11) is 3.87. The zero-order valence-electron chi connectivity index (χ0n) is 20.7. The fourth-order valence-electron chi connectivity index (χ4n) is 4.83. The molecule has 0 aromatic heterocycles. The molecule has 3 atom stereocenters. The summed E-state index contributed by atoms with van der Waals surface area (Å²) in [4.78, 5) is 40.6. The average Bonchev–Trinajstić information content (AvgIpc) is 3.29. The van der Waals surface area contributed by atoms with E-state index in [-0.39, 0.29) is 18.0 Å². The number of fused-ring (bicyclic) bond motifs is 1. The summed E-state index contributed by atoms with van der Waals surface area (Å²) in [5.74, 6) is -0.0241. The highest BCUT2D eigenvalue weighted by Crippen LogP contribution is 2.45. The van der Waals surface area contributed by atoms with Crippen molar-refractivity contribution < 1.29 is 19.5 Å². The fraction of sp³-hybridized carbons (Fsp3) is 0.640. The van der Waals surface area contributed by atoms with E-state index in [0.29, 0.717) is 18.4 Å². The largest absolute Gasteiger partial charge is 0.481 e. The normalized spacial score (nSPS) is 21.5. The van der Waals surface area contributed by atoms with Crippen molar-refractivity contribution in [2.24, 2.45) is 11.8 Å². The molecule has 3 amide bonds. The summed E-state index contributed by atoms with van der Waals surface area (Å²) < 4.78 is 0. The number of hydrogen-bond donors (Lipinski definition) is 2. The molecule has 2 aliphatic rings. The molecule has 1 aromatic carbocycles. The van der Waals surface area contributed by atoms with Gasteiger partial charge in [0.25, 0.3) is 5.97 Å². The molecular weight excluding hydrogens is 420 g/mol. The number of likely N-dealkylation sites (tertiary alicyclic amines) is 2. The third-order valence-electron chi connectivity index (χ3n) is 6.29. The van der Waals surface area contributed by atoms with Crippen LogP contribution in [0.25, 0.3) is 0 Å². The predicted octanol–water partition coefficient (Wildman–Crippen LogP) is 2.98. The van der Waals surface area contributed by atoms with Gasteiger partial charge in [0.15, 0.2) is 0 Å². The van der Waals surface area contributed by atoms with Crippen molar-refractivity contribution >= 4 is 17.9 Å². The van der Waals surface area contributed by atoms with Crippen LogP contribution in [-0.2, 0) is 9.59 Å². The van der Waals surface area contributed by atoms with Gasteiger partial charge in [-0.3, -0.25) is 9.59 Å². The maximum Gasteiger partial charge on any atom is 0.317 e. The number of nitrogens with one attached hydrogen (secondary N) is 1. The Morgan fingerprint density at radius 3 is 2.39 bits per heavy atom. The number of carboxylic acids is 1. The fourth-order valence-corrected chi connectivity index (χ4v) is 4.83. The number of rotatable bonds is 7. The van der Waals surface area contributed by atoms with E-state index in [0.717, 1.165) is 52.4 Å². The van der Waals surface area contributed by atoms with Crippen LogP contribution in [0.3, 0.4) is 0 Å². The number of amides is 3. The summed E-state index contributed by atoms with van der Waals surface area (Å²) >= 11 is 0. The molecule has 184 valence electrons. The van der Waals surface area contributed by atoms with E-state index in [2.05, 4.69) is 42.3 Å². The van der Waals surface area contributed by atoms with E-state index in [1.165, 1.54) is 11.1 Å². The van der Waals surface area contributed by atoms with Crippen molar-refractivity contribution in [2.75, 3.05) is 46.8 Å². The quantitative estimate of drug-likeness (QED) is 0.610. The average molecular weight is 461 g/mol. The van der Waals surface area contributed by atoms with Gasteiger partial charge in [0, 0.05) is 44.9 Å². The lowest BCUT2D eigenvalue weighted by molar-refractivity contribution is -0.135. The maximum absolute atomic E-state index is 13.0. The van der Waals surface area contributed by atoms with E-state index < -0.39 is 5.97 Å². The van der Waals surface area contributed by atoms with E-state index in [1.807, 2.05) is 30.0 Å². The Hall–Kier alpha value is -2.61. The number of carbonyl (C=O) groups excluding carboxylic acids is 2. The zero-order chi connectivity index (χ0) is 24.5. The van der Waals surface area contributed by atoms with Gasteiger partial charge in [0.2, 0.25) is 5.91 Å². The summed E-state index contributed by atoms with van der Waals surface area (Å²) in [5, 5.41) is 10.5. The molecule has 1 aromatic rings. The zero-order valence-corrected chi connectivity index (χ0v) is 20.7. The topological polar surface area (TPSA) is 93.2 Å². The van der Waals surface area contributed by atoms with E-state index in [1.54, 1.807) is 0 Å². The van der Waals surface area contributed by atoms with Crippen molar-refractivity contribution in [2.45, 2.75) is 46.1 Å². The second kappa shape index (κ2) is 12.6. The summed E-state index contributed by atoms with van der Waals surface area (Å²) in [6.45, 7) is 8.71. The third-order valence-corrected chi connectivity index (χ3v) is 6.29. The summed E-state index contributed by atoms with van der Waals surface area (Å²) in [6.07, 6.45) is 3.32. The maximum atomic E-state index is 13.0. The number of benzene rings is 1. The smallest absolute Gasteiger partial charge is 0.317 e. The first kappa shape index (κ1) is 26.6. The lowest BCUT2D eigenvalue weighted by Gasteiger charge is -2.31. The molecular formula is C25H40N4O4. The van der Waals surface area contributed by atoms with Gasteiger partial charge in [-0.2, -0.15) is 0 Å². The molecule has 8 nitrogen and oxygen atoms in total.